The lowest BCUT2D eigenvalue weighted by Crippen LogP contribution is -2.00. The van der Waals surface area contributed by atoms with Gasteiger partial charge in [-0.05, 0) is 19.8 Å². The number of rotatable bonds is 2. The third-order valence-electron chi connectivity index (χ3n) is 2.43. The highest BCUT2D eigenvalue weighted by molar-refractivity contribution is 5.14. The summed E-state index contributed by atoms with van der Waals surface area (Å²) in [6, 6.07) is 0. The molecular weight excluding hydrogens is 166 g/mol. The van der Waals surface area contributed by atoms with Crippen molar-refractivity contribution in [1.82, 2.24) is 9.97 Å². The van der Waals surface area contributed by atoms with Gasteiger partial charge in [-0.3, -0.25) is 0 Å². The van der Waals surface area contributed by atoms with Crippen LogP contribution in [0.1, 0.15) is 36.2 Å². The maximum absolute atomic E-state index is 5.54. The molecule has 72 valence electrons. The van der Waals surface area contributed by atoms with Crippen LogP contribution in [-0.4, -0.2) is 16.6 Å². The zero-order chi connectivity index (χ0) is 9.26. The number of nitrogens with zero attached hydrogens (tertiary/aromatic N) is 1. The van der Waals surface area contributed by atoms with Crippen molar-refractivity contribution in [1.29, 1.82) is 0 Å². The van der Waals surface area contributed by atoms with E-state index in [0.29, 0.717) is 6.54 Å². The minimum Gasteiger partial charge on any atom is -0.370 e. The first-order chi connectivity index (χ1) is 6.31. The van der Waals surface area contributed by atoms with E-state index in [4.69, 9.17) is 10.5 Å². The minimum atomic E-state index is 0.166. The largest absolute Gasteiger partial charge is 0.370 e. The predicted molar refractivity (Wildman–Crippen MR) is 49.1 cm³/mol. The van der Waals surface area contributed by atoms with Gasteiger partial charge in [-0.1, -0.05) is 0 Å². The van der Waals surface area contributed by atoms with E-state index in [-0.39, 0.29) is 6.10 Å². The topological polar surface area (TPSA) is 63.9 Å². The Morgan fingerprint density at radius 1 is 1.69 bits per heavy atom. The zero-order valence-corrected chi connectivity index (χ0v) is 7.84. The Bertz CT molecular complexity index is 289. The number of ether oxygens (including phenoxy) is 1. The van der Waals surface area contributed by atoms with Gasteiger partial charge in [0.05, 0.1) is 5.69 Å². The third-order valence-corrected chi connectivity index (χ3v) is 2.43. The Hall–Kier alpha value is -0.870. The molecule has 0 spiro atoms. The molecule has 1 aliphatic heterocycles. The molecular formula is C9H15N3O. The van der Waals surface area contributed by atoms with Crippen molar-refractivity contribution in [3.8, 4) is 0 Å². The summed E-state index contributed by atoms with van der Waals surface area (Å²) in [5.74, 6) is 0.940. The van der Waals surface area contributed by atoms with E-state index in [1.807, 2.05) is 6.92 Å². The standard InChI is InChI=1S/C9H15N3O/c1-6-7(5-10)12-9(11-6)8-3-2-4-13-8/h8H,2-5,10H2,1H3,(H,11,12). The van der Waals surface area contributed by atoms with E-state index < -0.39 is 0 Å². The second-order valence-electron chi connectivity index (χ2n) is 3.40. The van der Waals surface area contributed by atoms with Crippen LogP contribution in [0.25, 0.3) is 0 Å². The fourth-order valence-corrected chi connectivity index (χ4v) is 1.67. The van der Waals surface area contributed by atoms with Crippen molar-refractivity contribution < 1.29 is 4.74 Å². The van der Waals surface area contributed by atoms with Crippen molar-refractivity contribution in [2.45, 2.75) is 32.4 Å². The van der Waals surface area contributed by atoms with Crippen LogP contribution in [-0.2, 0) is 11.3 Å². The summed E-state index contributed by atoms with van der Waals surface area (Å²) in [6.07, 6.45) is 2.36. The highest BCUT2D eigenvalue weighted by Gasteiger charge is 2.21. The monoisotopic (exact) mass is 181 g/mol. The van der Waals surface area contributed by atoms with Crippen molar-refractivity contribution in [3.05, 3.63) is 17.2 Å². The molecule has 1 aromatic rings. The van der Waals surface area contributed by atoms with Gasteiger partial charge in [0.1, 0.15) is 11.9 Å². The van der Waals surface area contributed by atoms with E-state index in [1.165, 1.54) is 0 Å². The molecule has 0 bridgehead atoms. The first kappa shape index (κ1) is 8.72. The number of nitrogens with two attached hydrogens (primary N) is 1. The van der Waals surface area contributed by atoms with Gasteiger partial charge in [0.25, 0.3) is 0 Å². The maximum Gasteiger partial charge on any atom is 0.135 e. The Morgan fingerprint density at radius 2 is 2.54 bits per heavy atom. The molecule has 1 saturated heterocycles. The normalized spacial score (nSPS) is 22.5. The SMILES string of the molecule is Cc1[nH]c(C2CCCO2)nc1CN. The molecule has 2 rings (SSSR count). The fourth-order valence-electron chi connectivity index (χ4n) is 1.67. The van der Waals surface area contributed by atoms with Gasteiger partial charge in [-0.15, -0.1) is 0 Å². The Morgan fingerprint density at radius 3 is 3.08 bits per heavy atom. The van der Waals surface area contributed by atoms with E-state index in [1.54, 1.807) is 0 Å². The summed E-state index contributed by atoms with van der Waals surface area (Å²) in [5, 5.41) is 0. The average Bonchev–Trinajstić information content (AvgIpc) is 2.71. The van der Waals surface area contributed by atoms with Gasteiger partial charge in [-0.25, -0.2) is 4.98 Å². The molecule has 1 aromatic heterocycles. The summed E-state index contributed by atoms with van der Waals surface area (Å²) >= 11 is 0. The number of H-pyrrole nitrogens is 1. The number of aromatic nitrogens is 2. The third kappa shape index (κ3) is 1.59. The second kappa shape index (κ2) is 3.47. The van der Waals surface area contributed by atoms with Gasteiger partial charge in [0.2, 0.25) is 0 Å². The quantitative estimate of drug-likeness (QED) is 0.716. The van der Waals surface area contributed by atoms with Crippen LogP contribution in [0.15, 0.2) is 0 Å². The predicted octanol–water partition coefficient (Wildman–Crippen LogP) is 1.03. The lowest BCUT2D eigenvalue weighted by molar-refractivity contribution is 0.105. The van der Waals surface area contributed by atoms with Crippen LogP contribution in [0.2, 0.25) is 0 Å². The molecule has 1 atom stereocenters. The van der Waals surface area contributed by atoms with Gasteiger partial charge in [0.15, 0.2) is 0 Å². The molecule has 1 unspecified atom stereocenters. The summed E-state index contributed by atoms with van der Waals surface area (Å²) in [4.78, 5) is 7.63. The highest BCUT2D eigenvalue weighted by atomic mass is 16.5. The molecule has 3 N–H and O–H groups in total. The Kier molecular flexibility index (Phi) is 2.33. The van der Waals surface area contributed by atoms with Gasteiger partial charge < -0.3 is 15.5 Å². The van der Waals surface area contributed by atoms with Gasteiger partial charge >= 0.3 is 0 Å². The van der Waals surface area contributed by atoms with Crippen LogP contribution in [0, 0.1) is 6.92 Å². The van der Waals surface area contributed by atoms with Gasteiger partial charge in [-0.2, -0.15) is 0 Å². The molecule has 4 nitrogen and oxygen atoms in total. The smallest absolute Gasteiger partial charge is 0.135 e. The van der Waals surface area contributed by atoms with Crippen LogP contribution in [0.5, 0.6) is 0 Å². The summed E-state index contributed by atoms with van der Waals surface area (Å²) in [6.45, 7) is 3.34. The molecule has 0 amide bonds. The van der Waals surface area contributed by atoms with Crippen LogP contribution < -0.4 is 5.73 Å². The van der Waals surface area contributed by atoms with Crippen molar-refractivity contribution in [3.63, 3.8) is 0 Å². The summed E-state index contributed by atoms with van der Waals surface area (Å²) < 4.78 is 5.52. The maximum atomic E-state index is 5.54. The number of hydrogen-bond acceptors (Lipinski definition) is 3. The highest BCUT2D eigenvalue weighted by Crippen LogP contribution is 2.26. The Balaban J connectivity index is 2.20. The average molecular weight is 181 g/mol. The summed E-state index contributed by atoms with van der Waals surface area (Å²) in [7, 11) is 0. The van der Waals surface area contributed by atoms with Crippen LogP contribution in [0.4, 0.5) is 0 Å². The number of aromatic amines is 1. The van der Waals surface area contributed by atoms with E-state index in [9.17, 15) is 0 Å². The molecule has 1 fully saturated rings. The first-order valence-corrected chi connectivity index (χ1v) is 4.68. The van der Waals surface area contributed by atoms with E-state index in [2.05, 4.69) is 9.97 Å². The number of imidazole rings is 1. The molecule has 2 heterocycles. The lowest BCUT2D eigenvalue weighted by atomic mass is 10.2. The molecule has 13 heavy (non-hydrogen) atoms. The molecule has 0 radical (unpaired) electrons. The second-order valence-corrected chi connectivity index (χ2v) is 3.40. The van der Waals surface area contributed by atoms with Crippen molar-refractivity contribution in [2.75, 3.05) is 6.61 Å². The van der Waals surface area contributed by atoms with Crippen LogP contribution >= 0.6 is 0 Å². The fraction of sp³-hybridized carbons (Fsp3) is 0.667. The molecule has 0 aromatic carbocycles. The summed E-state index contributed by atoms with van der Waals surface area (Å²) in [5.41, 5.74) is 7.55. The zero-order valence-electron chi connectivity index (χ0n) is 7.84. The number of aryl methyl sites for hydroxylation is 1. The molecule has 1 aliphatic rings. The molecule has 0 aliphatic carbocycles. The van der Waals surface area contributed by atoms with Crippen LogP contribution in [0.3, 0.4) is 0 Å². The van der Waals surface area contributed by atoms with Crippen molar-refractivity contribution >= 4 is 0 Å². The molecule has 0 saturated carbocycles. The number of hydrogen-bond donors (Lipinski definition) is 2. The van der Waals surface area contributed by atoms with Crippen molar-refractivity contribution in [2.24, 2.45) is 5.73 Å². The van der Waals surface area contributed by atoms with E-state index >= 15 is 0 Å². The lowest BCUT2D eigenvalue weighted by Gasteiger charge is -2.03. The van der Waals surface area contributed by atoms with Gasteiger partial charge in [0, 0.05) is 18.8 Å². The van der Waals surface area contributed by atoms with E-state index in [0.717, 1.165) is 36.7 Å². The minimum absolute atomic E-state index is 0.166. The molecule has 4 heteroatoms. The number of nitrogens with one attached hydrogen (secondary N) is 1. The first-order valence-electron chi connectivity index (χ1n) is 4.68. The Labute approximate surface area is 77.5 Å².